The van der Waals surface area contributed by atoms with Crippen LogP contribution in [0.2, 0.25) is 0 Å². The van der Waals surface area contributed by atoms with E-state index in [9.17, 15) is 9.59 Å². The summed E-state index contributed by atoms with van der Waals surface area (Å²) in [6.45, 7) is 0.443. The first-order valence-corrected chi connectivity index (χ1v) is 10.8. The number of nitrogens with one attached hydrogen (secondary N) is 2. The van der Waals surface area contributed by atoms with Crippen molar-refractivity contribution >= 4 is 44.8 Å². The highest BCUT2D eigenvalue weighted by molar-refractivity contribution is 9.10. The number of halogens is 1. The van der Waals surface area contributed by atoms with Crippen LogP contribution in [0.15, 0.2) is 58.4 Å². The summed E-state index contributed by atoms with van der Waals surface area (Å²) in [5, 5.41) is 7.56. The number of rotatable bonds is 8. The Hall–Kier alpha value is -2.84. The van der Waals surface area contributed by atoms with Gasteiger partial charge in [0, 0.05) is 22.3 Å². The lowest BCUT2D eigenvalue weighted by molar-refractivity contribution is 0.0952. The number of benzene rings is 2. The molecule has 0 radical (unpaired) electrons. The van der Waals surface area contributed by atoms with Gasteiger partial charge in [-0.15, -0.1) is 11.3 Å². The molecule has 0 fully saturated rings. The highest BCUT2D eigenvalue weighted by atomic mass is 79.9. The van der Waals surface area contributed by atoms with Gasteiger partial charge in [0.15, 0.2) is 11.5 Å². The predicted octanol–water partition coefficient (Wildman–Crippen LogP) is 4.75. The summed E-state index contributed by atoms with van der Waals surface area (Å²) >= 11 is 4.89. The minimum atomic E-state index is -0.209. The van der Waals surface area contributed by atoms with Crippen LogP contribution in [0.25, 0.3) is 0 Å². The van der Waals surface area contributed by atoms with Crippen molar-refractivity contribution in [2.75, 3.05) is 26.1 Å². The first kappa shape index (κ1) is 21.9. The second kappa shape index (κ2) is 10.3. The lowest BCUT2D eigenvalue weighted by Gasteiger charge is -2.12. The third kappa shape index (κ3) is 5.40. The van der Waals surface area contributed by atoms with E-state index in [4.69, 9.17) is 9.47 Å². The zero-order valence-corrected chi connectivity index (χ0v) is 18.9. The van der Waals surface area contributed by atoms with Crippen LogP contribution in [0.3, 0.4) is 0 Å². The number of methoxy groups -OCH3 is 2. The van der Waals surface area contributed by atoms with E-state index in [1.54, 1.807) is 44.6 Å². The second-order valence-corrected chi connectivity index (χ2v) is 8.12. The minimum Gasteiger partial charge on any atom is -0.493 e. The predicted molar refractivity (Wildman–Crippen MR) is 122 cm³/mol. The Morgan fingerprint density at radius 2 is 1.77 bits per heavy atom. The molecule has 1 heterocycles. The van der Waals surface area contributed by atoms with E-state index >= 15 is 0 Å². The van der Waals surface area contributed by atoms with Crippen molar-refractivity contribution in [2.45, 2.75) is 6.42 Å². The Bertz CT molecular complexity index is 1040. The highest BCUT2D eigenvalue weighted by Crippen LogP contribution is 2.33. The van der Waals surface area contributed by atoms with Gasteiger partial charge >= 0.3 is 0 Å². The van der Waals surface area contributed by atoms with Gasteiger partial charge in [0.25, 0.3) is 11.8 Å². The molecule has 8 heteroatoms. The fourth-order valence-electron chi connectivity index (χ4n) is 2.84. The van der Waals surface area contributed by atoms with Gasteiger partial charge in [-0.25, -0.2) is 0 Å². The molecule has 0 bridgehead atoms. The quantitative estimate of drug-likeness (QED) is 0.479. The molecule has 2 N–H and O–H groups in total. The van der Waals surface area contributed by atoms with Crippen LogP contribution < -0.4 is 20.1 Å². The highest BCUT2D eigenvalue weighted by Gasteiger charge is 2.12. The fourth-order valence-corrected chi connectivity index (χ4v) is 3.98. The van der Waals surface area contributed by atoms with E-state index in [2.05, 4.69) is 26.6 Å². The second-order valence-electron chi connectivity index (χ2n) is 6.32. The number of amides is 2. The molecule has 3 aromatic rings. The van der Waals surface area contributed by atoms with Crippen LogP contribution in [0.5, 0.6) is 11.5 Å². The van der Waals surface area contributed by atoms with Crippen molar-refractivity contribution in [2.24, 2.45) is 0 Å². The maximum atomic E-state index is 12.5. The van der Waals surface area contributed by atoms with E-state index in [1.165, 1.54) is 11.3 Å². The maximum Gasteiger partial charge on any atom is 0.265 e. The number of thiophene rings is 1. The Kier molecular flexibility index (Phi) is 7.48. The van der Waals surface area contributed by atoms with Crippen molar-refractivity contribution in [1.82, 2.24) is 5.32 Å². The minimum absolute atomic E-state index is 0.194. The summed E-state index contributed by atoms with van der Waals surface area (Å²) in [5.74, 6) is 0.870. The number of hydrogen-bond acceptors (Lipinski definition) is 5. The number of carbonyl (C=O) groups excluding carboxylic acids is 2. The number of anilines is 1. The summed E-state index contributed by atoms with van der Waals surface area (Å²) in [4.78, 5) is 25.3. The first-order valence-electron chi connectivity index (χ1n) is 9.15. The topological polar surface area (TPSA) is 76.7 Å². The van der Waals surface area contributed by atoms with E-state index < -0.39 is 0 Å². The average Bonchev–Trinajstić information content (AvgIpc) is 3.29. The van der Waals surface area contributed by atoms with Gasteiger partial charge in [-0.1, -0.05) is 28.1 Å². The van der Waals surface area contributed by atoms with Crippen LogP contribution in [0.4, 0.5) is 5.69 Å². The van der Waals surface area contributed by atoms with Gasteiger partial charge in [0.05, 0.1) is 19.1 Å². The Balaban J connectivity index is 1.60. The molecule has 3 rings (SSSR count). The molecule has 30 heavy (non-hydrogen) atoms. The van der Waals surface area contributed by atoms with Crippen molar-refractivity contribution in [3.05, 3.63) is 74.4 Å². The summed E-state index contributed by atoms with van der Waals surface area (Å²) in [5.41, 5.74) is 2.04. The normalized spacial score (nSPS) is 10.4. The van der Waals surface area contributed by atoms with Crippen molar-refractivity contribution < 1.29 is 19.1 Å². The van der Waals surface area contributed by atoms with Crippen molar-refractivity contribution in [3.8, 4) is 11.5 Å². The molecule has 0 aliphatic heterocycles. The standard InChI is InChI=1S/C22H21BrN2O4S/c1-28-18-12-14(17(23)13-19(18)29-2)8-9-24-21(26)15-5-3-6-16(11-15)25-22(27)20-7-4-10-30-20/h3-7,10-13H,8-9H2,1-2H3,(H,24,26)(H,25,27). The molecule has 6 nitrogen and oxygen atoms in total. The molecule has 0 saturated heterocycles. The smallest absolute Gasteiger partial charge is 0.265 e. The van der Waals surface area contributed by atoms with E-state index in [1.807, 2.05) is 23.6 Å². The van der Waals surface area contributed by atoms with Crippen molar-refractivity contribution in [1.29, 1.82) is 0 Å². The third-order valence-electron chi connectivity index (χ3n) is 4.36. The van der Waals surface area contributed by atoms with Crippen LogP contribution >= 0.6 is 27.3 Å². The Morgan fingerprint density at radius 3 is 2.47 bits per heavy atom. The van der Waals surface area contributed by atoms with Crippen LogP contribution in [-0.4, -0.2) is 32.6 Å². The molecule has 0 saturated carbocycles. The van der Waals surface area contributed by atoms with Gasteiger partial charge in [0.1, 0.15) is 0 Å². The van der Waals surface area contributed by atoms with Crippen LogP contribution in [-0.2, 0) is 6.42 Å². The third-order valence-corrected chi connectivity index (χ3v) is 5.97. The van der Waals surface area contributed by atoms with Gasteiger partial charge in [0.2, 0.25) is 0 Å². The summed E-state index contributed by atoms with van der Waals surface area (Å²) in [6.07, 6.45) is 0.613. The van der Waals surface area contributed by atoms with E-state index in [0.717, 1.165) is 10.0 Å². The summed E-state index contributed by atoms with van der Waals surface area (Å²) in [6, 6.07) is 14.2. The Labute approximate surface area is 187 Å². The molecule has 1 aromatic heterocycles. The zero-order valence-electron chi connectivity index (χ0n) is 16.5. The maximum absolute atomic E-state index is 12.5. The van der Waals surface area contributed by atoms with Gasteiger partial charge in [-0.3, -0.25) is 9.59 Å². The monoisotopic (exact) mass is 488 g/mol. The average molecular weight is 489 g/mol. The molecule has 2 aromatic carbocycles. The van der Waals surface area contributed by atoms with Gasteiger partial charge in [-0.2, -0.15) is 0 Å². The summed E-state index contributed by atoms with van der Waals surface area (Å²) < 4.78 is 11.5. The molecule has 0 aliphatic rings. The fraction of sp³-hybridized carbons (Fsp3) is 0.182. The lowest BCUT2D eigenvalue weighted by Crippen LogP contribution is -2.26. The summed E-state index contributed by atoms with van der Waals surface area (Å²) in [7, 11) is 3.17. The van der Waals surface area contributed by atoms with Crippen LogP contribution in [0, 0.1) is 0 Å². The van der Waals surface area contributed by atoms with E-state index in [-0.39, 0.29) is 11.8 Å². The molecule has 156 valence electrons. The first-order chi connectivity index (χ1) is 14.5. The molecular formula is C22H21BrN2O4S. The van der Waals surface area contributed by atoms with Gasteiger partial charge < -0.3 is 20.1 Å². The molecule has 0 aliphatic carbocycles. The lowest BCUT2D eigenvalue weighted by atomic mass is 10.1. The van der Waals surface area contributed by atoms with Crippen molar-refractivity contribution in [3.63, 3.8) is 0 Å². The number of carbonyl (C=O) groups is 2. The van der Waals surface area contributed by atoms with Crippen LogP contribution in [0.1, 0.15) is 25.6 Å². The molecular weight excluding hydrogens is 468 g/mol. The largest absolute Gasteiger partial charge is 0.493 e. The molecule has 0 unspecified atom stereocenters. The van der Waals surface area contributed by atoms with Gasteiger partial charge in [-0.05, 0) is 53.8 Å². The molecule has 0 spiro atoms. The SMILES string of the molecule is COc1cc(Br)c(CCNC(=O)c2cccc(NC(=O)c3cccs3)c2)cc1OC. The molecule has 2 amide bonds. The number of ether oxygens (including phenoxy) is 2. The van der Waals surface area contributed by atoms with E-state index in [0.29, 0.717) is 40.6 Å². The Morgan fingerprint density at radius 1 is 1.00 bits per heavy atom. The zero-order chi connectivity index (χ0) is 21.5. The molecule has 0 atom stereocenters. The number of hydrogen-bond donors (Lipinski definition) is 2.